The van der Waals surface area contributed by atoms with Crippen LogP contribution in [-0.4, -0.2) is 46.0 Å². The summed E-state index contributed by atoms with van der Waals surface area (Å²) in [7, 11) is 1.48. The summed E-state index contributed by atoms with van der Waals surface area (Å²) in [6.45, 7) is 5.61. The molecule has 0 radical (unpaired) electrons. The van der Waals surface area contributed by atoms with Crippen LogP contribution in [0.3, 0.4) is 0 Å². The molecule has 6 unspecified atom stereocenters. The summed E-state index contributed by atoms with van der Waals surface area (Å²) in [5.74, 6) is -3.30. The lowest BCUT2D eigenvalue weighted by Gasteiger charge is -2.54. The maximum atomic E-state index is 15.0. The first kappa shape index (κ1) is 31.6. The number of phenolic OH excluding ortho intramolecular Hbond substituents is 1. The minimum atomic E-state index is -1.28. The number of carbonyl (C=O) groups is 4. The van der Waals surface area contributed by atoms with Crippen molar-refractivity contribution in [3.8, 4) is 11.5 Å². The predicted molar refractivity (Wildman–Crippen MR) is 183 cm³/mol. The molecule has 1 saturated carbocycles. The van der Waals surface area contributed by atoms with Gasteiger partial charge >= 0.3 is 0 Å². The summed E-state index contributed by atoms with van der Waals surface area (Å²) < 4.78 is 5.35. The Labute approximate surface area is 280 Å². The number of phenols is 1. The van der Waals surface area contributed by atoms with Crippen molar-refractivity contribution in [3.05, 3.63) is 119 Å². The molecule has 0 aromatic heterocycles. The largest absolute Gasteiger partial charge is 0.504 e. The maximum absolute atomic E-state index is 15.0. The predicted octanol–water partition coefficient (Wildman–Crippen LogP) is 6.57. The van der Waals surface area contributed by atoms with E-state index in [1.165, 1.54) is 18.1 Å². The van der Waals surface area contributed by atoms with Crippen LogP contribution in [0.1, 0.15) is 50.3 Å². The molecular weight excluding hydrogens is 602 g/mol. The van der Waals surface area contributed by atoms with E-state index in [1.807, 2.05) is 93.6 Å². The Balaban J connectivity index is 1.46. The van der Waals surface area contributed by atoms with Gasteiger partial charge in [-0.05, 0) is 74.4 Å². The summed E-state index contributed by atoms with van der Waals surface area (Å²) in [5, 5.41) is 10.2. The lowest BCUT2D eigenvalue weighted by atomic mass is 9.45. The molecule has 7 nitrogen and oxygen atoms in total. The van der Waals surface area contributed by atoms with Gasteiger partial charge in [0, 0.05) is 22.9 Å². The Kier molecular flexibility index (Phi) is 7.61. The van der Waals surface area contributed by atoms with E-state index in [9.17, 15) is 24.3 Å². The number of ether oxygens (including phenoxy) is 1. The highest BCUT2D eigenvalue weighted by Crippen LogP contribution is 2.61. The average Bonchev–Trinajstić information content (AvgIpc) is 3.35. The highest BCUT2D eigenvalue weighted by molar-refractivity contribution is 6.31. The van der Waals surface area contributed by atoms with Crippen LogP contribution in [0.25, 0.3) is 11.6 Å². The molecule has 0 spiro atoms. The lowest BCUT2D eigenvalue weighted by Crippen LogP contribution is -2.59. The summed E-state index contributed by atoms with van der Waals surface area (Å²) in [4.78, 5) is 59.3. The fourth-order valence-corrected chi connectivity index (χ4v) is 8.79. The van der Waals surface area contributed by atoms with Gasteiger partial charge in [-0.2, -0.15) is 0 Å². The third-order valence-electron chi connectivity index (χ3n) is 10.8. The van der Waals surface area contributed by atoms with E-state index in [4.69, 9.17) is 4.74 Å². The molecule has 1 aliphatic heterocycles. The second-order valence-electron chi connectivity index (χ2n) is 14.3. The van der Waals surface area contributed by atoms with Crippen molar-refractivity contribution in [2.24, 2.45) is 29.6 Å². The van der Waals surface area contributed by atoms with E-state index in [2.05, 4.69) is 6.08 Å². The van der Waals surface area contributed by atoms with E-state index in [0.717, 1.165) is 16.7 Å². The van der Waals surface area contributed by atoms with Crippen LogP contribution in [0.5, 0.6) is 11.5 Å². The minimum absolute atomic E-state index is 0.00804. The Bertz CT molecular complexity index is 1920. The summed E-state index contributed by atoms with van der Waals surface area (Å²) in [5.41, 5.74) is 1.46. The molecule has 4 aliphatic rings. The van der Waals surface area contributed by atoms with E-state index in [-0.39, 0.29) is 35.6 Å². The van der Waals surface area contributed by atoms with Crippen molar-refractivity contribution >= 4 is 35.0 Å². The number of methoxy groups -OCH3 is 1. The molecule has 3 aliphatic carbocycles. The van der Waals surface area contributed by atoms with Crippen molar-refractivity contribution in [2.45, 2.75) is 44.6 Å². The molecule has 3 aromatic carbocycles. The van der Waals surface area contributed by atoms with Crippen LogP contribution < -0.4 is 4.74 Å². The number of Topliss-reactive ketones (excluding diaryl/α,β-unsaturated/α-hetero) is 1. The third kappa shape index (κ3) is 4.70. The molecule has 6 atom stereocenters. The van der Waals surface area contributed by atoms with Crippen LogP contribution in [0.4, 0.5) is 0 Å². The molecule has 48 heavy (non-hydrogen) atoms. The van der Waals surface area contributed by atoms with Gasteiger partial charge in [0.2, 0.25) is 11.8 Å². The number of likely N-dealkylation sites (tertiary alicyclic amines) is 1. The van der Waals surface area contributed by atoms with Gasteiger partial charge in [0.1, 0.15) is 0 Å². The highest BCUT2D eigenvalue weighted by Gasteiger charge is 2.65. The number of benzene rings is 3. The number of rotatable bonds is 5. The minimum Gasteiger partial charge on any atom is -0.504 e. The van der Waals surface area contributed by atoms with Gasteiger partial charge in [-0.15, -0.1) is 0 Å². The number of aromatic hydroxyl groups is 1. The number of hydrogen-bond donors (Lipinski definition) is 1. The van der Waals surface area contributed by atoms with Crippen molar-refractivity contribution < 1.29 is 29.0 Å². The molecule has 7 heteroatoms. The molecule has 7 rings (SSSR count). The number of amides is 2. The SMILES string of the molecule is COc1cc(C=CC2C3=CCC4C(=O)N(C(C)(C)C)C(=O)C4C3CC3C(=O)C(c4ccccc4)=CC(=O)C23c2ccccc2)ccc1O. The van der Waals surface area contributed by atoms with Crippen LogP contribution in [0.15, 0.2) is 103 Å². The van der Waals surface area contributed by atoms with Crippen molar-refractivity contribution in [3.63, 3.8) is 0 Å². The first-order valence-corrected chi connectivity index (χ1v) is 16.5. The second kappa shape index (κ2) is 11.6. The van der Waals surface area contributed by atoms with E-state index in [1.54, 1.807) is 18.2 Å². The molecule has 1 N–H and O–H groups in total. The van der Waals surface area contributed by atoms with Gasteiger partial charge < -0.3 is 9.84 Å². The standard InChI is InChI=1S/C41H39NO6/c1-40(2,3)42-38(46)28-18-17-27-30(36(28)39(42)47)22-32-37(45)29(25-11-7-5-8-12-25)23-35(44)41(32,26-13-9-6-10-14-26)31(27)19-15-24-16-20-33(43)34(21-24)48-4/h5-17,19-21,23,28,30-32,36,43H,18,22H2,1-4H3. The Hall–Kier alpha value is -5.04. The topological polar surface area (TPSA) is 101 Å². The Morgan fingerprint density at radius 3 is 2.25 bits per heavy atom. The first-order valence-electron chi connectivity index (χ1n) is 16.5. The van der Waals surface area contributed by atoms with E-state index >= 15 is 0 Å². The number of nitrogens with zero attached hydrogens (tertiary/aromatic N) is 1. The normalized spacial score (nSPS) is 28.5. The van der Waals surface area contributed by atoms with Crippen molar-refractivity contribution in [1.29, 1.82) is 0 Å². The smallest absolute Gasteiger partial charge is 0.234 e. The van der Waals surface area contributed by atoms with Gasteiger partial charge in [-0.3, -0.25) is 24.1 Å². The third-order valence-corrected chi connectivity index (χ3v) is 10.8. The van der Waals surface area contributed by atoms with Gasteiger partial charge in [0.25, 0.3) is 0 Å². The zero-order chi connectivity index (χ0) is 34.0. The molecule has 2 fully saturated rings. The van der Waals surface area contributed by atoms with Crippen LogP contribution >= 0.6 is 0 Å². The van der Waals surface area contributed by atoms with Crippen molar-refractivity contribution in [1.82, 2.24) is 4.90 Å². The van der Waals surface area contributed by atoms with Crippen LogP contribution in [0.2, 0.25) is 0 Å². The summed E-state index contributed by atoms with van der Waals surface area (Å²) >= 11 is 0. The quantitative estimate of drug-likeness (QED) is 0.250. The van der Waals surface area contributed by atoms with E-state index < -0.39 is 40.5 Å². The number of hydrogen-bond acceptors (Lipinski definition) is 6. The van der Waals surface area contributed by atoms with Crippen LogP contribution in [-0.2, 0) is 24.6 Å². The second-order valence-corrected chi connectivity index (χ2v) is 14.3. The number of ketones is 2. The lowest BCUT2D eigenvalue weighted by molar-refractivity contribution is -0.145. The zero-order valence-electron chi connectivity index (χ0n) is 27.6. The maximum Gasteiger partial charge on any atom is 0.234 e. The van der Waals surface area contributed by atoms with Gasteiger partial charge in [0.05, 0.1) is 24.4 Å². The molecule has 1 saturated heterocycles. The molecule has 1 heterocycles. The van der Waals surface area contributed by atoms with Crippen molar-refractivity contribution in [2.75, 3.05) is 7.11 Å². The number of fused-ring (bicyclic) bond motifs is 4. The van der Waals surface area contributed by atoms with Gasteiger partial charge in [-0.1, -0.05) is 90.5 Å². The van der Waals surface area contributed by atoms with Gasteiger partial charge in [0.15, 0.2) is 23.1 Å². The number of carbonyl (C=O) groups excluding carboxylic acids is 4. The van der Waals surface area contributed by atoms with Crippen LogP contribution in [0, 0.1) is 29.6 Å². The Morgan fingerprint density at radius 1 is 0.896 bits per heavy atom. The fourth-order valence-electron chi connectivity index (χ4n) is 8.79. The molecule has 244 valence electrons. The molecule has 2 amide bonds. The average molecular weight is 642 g/mol. The monoisotopic (exact) mass is 641 g/mol. The number of allylic oxidation sites excluding steroid dienone is 5. The fraction of sp³-hybridized carbons (Fsp3) is 0.317. The number of imide groups is 1. The molecule has 0 bridgehead atoms. The first-order chi connectivity index (χ1) is 23.0. The van der Waals surface area contributed by atoms with E-state index in [0.29, 0.717) is 23.3 Å². The Morgan fingerprint density at radius 2 is 1.58 bits per heavy atom. The summed E-state index contributed by atoms with van der Waals surface area (Å²) in [6, 6.07) is 23.8. The zero-order valence-corrected chi connectivity index (χ0v) is 27.6. The molecular formula is C41H39NO6. The molecule has 3 aromatic rings. The summed E-state index contributed by atoms with van der Waals surface area (Å²) in [6.07, 6.45) is 8.09. The highest BCUT2D eigenvalue weighted by atomic mass is 16.5. The van der Waals surface area contributed by atoms with Gasteiger partial charge in [-0.25, -0.2) is 0 Å².